The first-order valence-electron chi connectivity index (χ1n) is 10.5. The number of nitrogens with zero attached hydrogens (tertiary/aromatic N) is 1. The van der Waals surface area contributed by atoms with E-state index in [0.717, 1.165) is 47.9 Å². The number of benzene rings is 2. The Kier molecular flexibility index (Phi) is 6.84. The van der Waals surface area contributed by atoms with Crippen LogP contribution in [0.3, 0.4) is 0 Å². The Bertz CT molecular complexity index is 937. The van der Waals surface area contributed by atoms with E-state index < -0.39 is 6.10 Å². The number of fused-ring (bicyclic) bond motifs is 1. The molecule has 1 aromatic heterocycles. The van der Waals surface area contributed by atoms with Crippen molar-refractivity contribution in [1.82, 2.24) is 4.90 Å². The molecule has 158 valence electrons. The third-order valence-electron chi connectivity index (χ3n) is 5.46. The smallest absolute Gasteiger partial charge is 0.129 e. The Morgan fingerprint density at radius 2 is 1.90 bits per heavy atom. The van der Waals surface area contributed by atoms with Gasteiger partial charge in [0.1, 0.15) is 30.5 Å². The Morgan fingerprint density at radius 3 is 2.73 bits per heavy atom. The number of aliphatic hydroxyl groups is 1. The van der Waals surface area contributed by atoms with E-state index in [1.165, 1.54) is 5.56 Å². The molecule has 1 aliphatic heterocycles. The molecule has 1 N–H and O–H groups in total. The zero-order valence-corrected chi connectivity index (χ0v) is 17.4. The van der Waals surface area contributed by atoms with Gasteiger partial charge in [0.2, 0.25) is 0 Å². The molecule has 0 fully saturated rings. The van der Waals surface area contributed by atoms with E-state index in [0.29, 0.717) is 26.2 Å². The predicted molar refractivity (Wildman–Crippen MR) is 115 cm³/mol. The molecule has 1 aliphatic rings. The van der Waals surface area contributed by atoms with Crippen molar-refractivity contribution in [3.63, 3.8) is 0 Å². The predicted octanol–water partition coefficient (Wildman–Crippen LogP) is 4.49. The number of furan rings is 1. The molecule has 0 radical (unpaired) electrons. The summed E-state index contributed by atoms with van der Waals surface area (Å²) in [7, 11) is 1.66. The van der Waals surface area contributed by atoms with Crippen LogP contribution >= 0.6 is 0 Å². The van der Waals surface area contributed by atoms with Gasteiger partial charge in [0.05, 0.1) is 12.6 Å². The van der Waals surface area contributed by atoms with E-state index in [1.807, 2.05) is 42.5 Å². The van der Waals surface area contributed by atoms with E-state index in [-0.39, 0.29) is 0 Å². The zero-order chi connectivity index (χ0) is 20.8. The van der Waals surface area contributed by atoms with Crippen LogP contribution in [0.2, 0.25) is 0 Å². The van der Waals surface area contributed by atoms with Gasteiger partial charge in [0.25, 0.3) is 0 Å². The number of hydrogen-bond donors (Lipinski definition) is 1. The first-order valence-corrected chi connectivity index (χ1v) is 10.5. The maximum Gasteiger partial charge on any atom is 0.129 e. The molecule has 5 heteroatoms. The monoisotopic (exact) mass is 407 g/mol. The standard InChI is InChI=1S/C25H29NO4/c1-28-18-23-10-9-22(30-23)17-26-13-14-29-25-12-8-20(15-21(25)16-26)24(27)11-7-19-5-3-2-4-6-19/h2-6,8-10,12,15,24,27H,7,11,13-14,16-18H2,1H3/t24-/m1/s1. The minimum atomic E-state index is -0.492. The maximum absolute atomic E-state index is 10.7. The zero-order valence-electron chi connectivity index (χ0n) is 17.4. The highest BCUT2D eigenvalue weighted by molar-refractivity contribution is 5.38. The summed E-state index contributed by atoms with van der Waals surface area (Å²) in [6.45, 7) is 3.41. The summed E-state index contributed by atoms with van der Waals surface area (Å²) in [4.78, 5) is 2.31. The Labute approximate surface area is 177 Å². The Morgan fingerprint density at radius 1 is 1.07 bits per heavy atom. The van der Waals surface area contributed by atoms with E-state index in [2.05, 4.69) is 23.1 Å². The molecule has 3 aromatic rings. The summed E-state index contributed by atoms with van der Waals surface area (Å²) in [5.74, 6) is 2.66. The average Bonchev–Trinajstić information content (AvgIpc) is 3.10. The molecule has 0 bridgehead atoms. The van der Waals surface area contributed by atoms with Gasteiger partial charge in [-0.3, -0.25) is 4.90 Å². The number of ether oxygens (including phenoxy) is 2. The molecular formula is C25H29NO4. The van der Waals surface area contributed by atoms with Crippen molar-refractivity contribution >= 4 is 0 Å². The third kappa shape index (κ3) is 5.30. The van der Waals surface area contributed by atoms with Gasteiger partial charge in [-0.05, 0) is 48.2 Å². The minimum absolute atomic E-state index is 0.482. The average molecular weight is 408 g/mol. The molecular weight excluding hydrogens is 378 g/mol. The quantitative estimate of drug-likeness (QED) is 0.596. The largest absolute Gasteiger partial charge is 0.492 e. The van der Waals surface area contributed by atoms with Gasteiger partial charge in [0, 0.05) is 25.8 Å². The van der Waals surface area contributed by atoms with Crippen LogP contribution in [-0.2, 0) is 30.9 Å². The van der Waals surface area contributed by atoms with Crippen molar-refractivity contribution in [2.45, 2.75) is 38.6 Å². The number of rotatable bonds is 8. The van der Waals surface area contributed by atoms with E-state index in [4.69, 9.17) is 13.9 Å². The number of aliphatic hydroxyl groups excluding tert-OH is 1. The van der Waals surface area contributed by atoms with Gasteiger partial charge >= 0.3 is 0 Å². The molecule has 4 rings (SSSR count). The molecule has 0 amide bonds. The Hall–Kier alpha value is -2.60. The van der Waals surface area contributed by atoms with Crippen LogP contribution in [0.15, 0.2) is 65.1 Å². The van der Waals surface area contributed by atoms with Crippen LogP contribution in [0.5, 0.6) is 5.75 Å². The highest BCUT2D eigenvalue weighted by atomic mass is 16.5. The molecule has 0 aliphatic carbocycles. The SMILES string of the molecule is COCc1ccc(CN2CCOc3ccc([C@H](O)CCc4ccccc4)cc3C2)o1. The molecule has 5 nitrogen and oxygen atoms in total. The van der Waals surface area contributed by atoms with Gasteiger partial charge in [-0.15, -0.1) is 0 Å². The fraction of sp³-hybridized carbons (Fsp3) is 0.360. The summed E-state index contributed by atoms with van der Waals surface area (Å²) >= 11 is 0. The van der Waals surface area contributed by atoms with Crippen molar-refractivity contribution < 1.29 is 19.0 Å². The maximum atomic E-state index is 10.7. The fourth-order valence-corrected chi connectivity index (χ4v) is 3.87. The van der Waals surface area contributed by atoms with Crippen molar-refractivity contribution in [3.8, 4) is 5.75 Å². The van der Waals surface area contributed by atoms with E-state index in [9.17, 15) is 5.11 Å². The molecule has 0 unspecified atom stereocenters. The second kappa shape index (κ2) is 9.94. The van der Waals surface area contributed by atoms with E-state index in [1.54, 1.807) is 7.11 Å². The van der Waals surface area contributed by atoms with Crippen molar-refractivity contribution in [3.05, 3.63) is 88.9 Å². The first-order chi connectivity index (χ1) is 14.7. The Balaban J connectivity index is 1.41. The lowest BCUT2D eigenvalue weighted by Crippen LogP contribution is -2.25. The molecule has 2 heterocycles. The number of methoxy groups -OCH3 is 1. The second-order valence-corrected chi connectivity index (χ2v) is 7.77. The summed E-state index contributed by atoms with van der Waals surface area (Å²) in [5.41, 5.74) is 3.29. The molecule has 30 heavy (non-hydrogen) atoms. The molecule has 2 aromatic carbocycles. The first kappa shape index (κ1) is 20.7. The van der Waals surface area contributed by atoms with Gasteiger partial charge in [-0.1, -0.05) is 36.4 Å². The molecule has 1 atom stereocenters. The fourth-order valence-electron chi connectivity index (χ4n) is 3.87. The van der Waals surface area contributed by atoms with Crippen molar-refractivity contribution in [1.29, 1.82) is 0 Å². The van der Waals surface area contributed by atoms with E-state index >= 15 is 0 Å². The van der Waals surface area contributed by atoms with Crippen LogP contribution in [0.1, 0.15) is 40.7 Å². The normalized spacial score (nSPS) is 15.3. The lowest BCUT2D eigenvalue weighted by atomic mass is 9.99. The third-order valence-corrected chi connectivity index (χ3v) is 5.46. The highest BCUT2D eigenvalue weighted by Crippen LogP contribution is 2.29. The van der Waals surface area contributed by atoms with Gasteiger partial charge in [-0.2, -0.15) is 0 Å². The number of aryl methyl sites for hydroxylation is 1. The van der Waals surface area contributed by atoms with Gasteiger partial charge < -0.3 is 19.0 Å². The molecule has 0 saturated carbocycles. The van der Waals surface area contributed by atoms with Crippen LogP contribution in [0.25, 0.3) is 0 Å². The van der Waals surface area contributed by atoms with Crippen LogP contribution in [-0.4, -0.2) is 30.3 Å². The van der Waals surface area contributed by atoms with Gasteiger partial charge in [-0.25, -0.2) is 0 Å². The minimum Gasteiger partial charge on any atom is -0.492 e. The van der Waals surface area contributed by atoms with Crippen molar-refractivity contribution in [2.24, 2.45) is 0 Å². The molecule has 0 saturated heterocycles. The second-order valence-electron chi connectivity index (χ2n) is 7.77. The van der Waals surface area contributed by atoms with Gasteiger partial charge in [0.15, 0.2) is 0 Å². The van der Waals surface area contributed by atoms with Crippen LogP contribution in [0, 0.1) is 0 Å². The number of hydrogen-bond acceptors (Lipinski definition) is 5. The summed E-state index contributed by atoms with van der Waals surface area (Å²) in [5, 5.41) is 10.7. The lowest BCUT2D eigenvalue weighted by molar-refractivity contribution is 0.157. The lowest BCUT2D eigenvalue weighted by Gasteiger charge is -2.19. The van der Waals surface area contributed by atoms with Crippen molar-refractivity contribution in [2.75, 3.05) is 20.3 Å². The topological polar surface area (TPSA) is 55.1 Å². The summed E-state index contributed by atoms with van der Waals surface area (Å²) in [6, 6.07) is 20.3. The molecule has 0 spiro atoms. The van der Waals surface area contributed by atoms with Crippen LogP contribution in [0.4, 0.5) is 0 Å². The summed E-state index contributed by atoms with van der Waals surface area (Å²) in [6.07, 6.45) is 1.06. The van der Waals surface area contributed by atoms with Crippen LogP contribution < -0.4 is 4.74 Å². The summed E-state index contributed by atoms with van der Waals surface area (Å²) < 4.78 is 16.9. The highest BCUT2D eigenvalue weighted by Gasteiger charge is 2.19.